The molecule has 0 spiro atoms. The summed E-state index contributed by atoms with van der Waals surface area (Å²) in [5, 5.41) is 7.55. The maximum Gasteiger partial charge on any atom is 0.232 e. The lowest BCUT2D eigenvalue weighted by Gasteiger charge is -2.33. The number of piperidine rings is 1. The second kappa shape index (κ2) is 10.4. The molecular formula is C22H29ClN6OS. The largest absolute Gasteiger partial charge is 0.378 e. The predicted octanol–water partition coefficient (Wildman–Crippen LogP) is 3.69. The number of ether oxygens (including phenoxy) is 1. The maximum atomic E-state index is 6.24. The third-order valence-corrected chi connectivity index (χ3v) is 6.38. The lowest BCUT2D eigenvalue weighted by Crippen LogP contribution is -2.38. The first-order valence-electron chi connectivity index (χ1n) is 10.8. The predicted molar refractivity (Wildman–Crippen MR) is 130 cm³/mol. The van der Waals surface area contributed by atoms with E-state index in [4.69, 9.17) is 38.5 Å². The molecule has 7 nitrogen and oxygen atoms in total. The number of benzene rings is 1. The number of thiocarbonyl (C=S) groups is 1. The van der Waals surface area contributed by atoms with Crippen LogP contribution in [0, 0.1) is 5.92 Å². The van der Waals surface area contributed by atoms with E-state index in [9.17, 15) is 0 Å². The summed E-state index contributed by atoms with van der Waals surface area (Å²) in [7, 11) is 0. The highest BCUT2D eigenvalue weighted by Gasteiger charge is 2.21. The molecule has 0 bridgehead atoms. The Morgan fingerprint density at radius 1 is 1.10 bits per heavy atom. The summed E-state index contributed by atoms with van der Waals surface area (Å²) in [5.41, 5.74) is 0.986. The molecule has 9 heteroatoms. The van der Waals surface area contributed by atoms with Crippen LogP contribution in [0.5, 0.6) is 0 Å². The summed E-state index contributed by atoms with van der Waals surface area (Å²) in [5.74, 6) is 3.12. The van der Waals surface area contributed by atoms with Crippen LogP contribution in [0.4, 0.5) is 17.6 Å². The van der Waals surface area contributed by atoms with E-state index in [0.717, 1.165) is 49.3 Å². The van der Waals surface area contributed by atoms with E-state index >= 15 is 0 Å². The molecule has 2 saturated heterocycles. The van der Waals surface area contributed by atoms with E-state index in [1.807, 2.05) is 24.3 Å². The third kappa shape index (κ3) is 5.96. The van der Waals surface area contributed by atoms with Gasteiger partial charge in [0, 0.05) is 43.8 Å². The lowest BCUT2D eigenvalue weighted by molar-refractivity contribution is 0.122. The molecule has 0 aliphatic carbocycles. The molecular weight excluding hydrogens is 432 g/mol. The van der Waals surface area contributed by atoms with Crippen molar-refractivity contribution in [3.63, 3.8) is 0 Å². The number of nitrogens with zero attached hydrogens (tertiary/aromatic N) is 4. The van der Waals surface area contributed by atoms with Crippen molar-refractivity contribution in [3.8, 4) is 0 Å². The van der Waals surface area contributed by atoms with Crippen LogP contribution in [0.2, 0.25) is 5.02 Å². The van der Waals surface area contributed by atoms with Gasteiger partial charge in [-0.15, -0.1) is 0 Å². The zero-order valence-electron chi connectivity index (χ0n) is 17.8. The first-order valence-corrected chi connectivity index (χ1v) is 11.6. The number of halogens is 1. The highest BCUT2D eigenvalue weighted by molar-refractivity contribution is 7.80. The summed E-state index contributed by atoms with van der Waals surface area (Å²) >= 11 is 11.7. The quantitative estimate of drug-likeness (QED) is 0.655. The van der Waals surface area contributed by atoms with Gasteiger partial charge in [0.2, 0.25) is 5.95 Å². The minimum atomic E-state index is 0.470. The Bertz CT molecular complexity index is 899. The Balaban J connectivity index is 1.49. The number of morpholine rings is 1. The van der Waals surface area contributed by atoms with E-state index in [-0.39, 0.29) is 0 Å². The van der Waals surface area contributed by atoms with Gasteiger partial charge in [-0.3, -0.25) is 0 Å². The maximum absolute atomic E-state index is 6.24. The molecule has 2 N–H and O–H groups in total. The SMILES string of the molecule is CC1CCN(c2cc(N3CCOCC3)nc(NC(=S)NCc3ccccc3Cl)n2)CC1. The molecule has 1 aromatic carbocycles. The summed E-state index contributed by atoms with van der Waals surface area (Å²) in [6.45, 7) is 7.93. The van der Waals surface area contributed by atoms with Crippen LogP contribution < -0.4 is 20.4 Å². The van der Waals surface area contributed by atoms with Gasteiger partial charge in [-0.25, -0.2) is 0 Å². The number of hydrogen-bond donors (Lipinski definition) is 2. The molecule has 0 amide bonds. The molecule has 2 aliphatic heterocycles. The van der Waals surface area contributed by atoms with Crippen LogP contribution in [0.1, 0.15) is 25.3 Å². The Labute approximate surface area is 194 Å². The summed E-state index contributed by atoms with van der Waals surface area (Å²) in [4.78, 5) is 14.1. The summed E-state index contributed by atoms with van der Waals surface area (Å²) in [6.07, 6.45) is 2.36. The molecule has 2 aliphatic rings. The highest BCUT2D eigenvalue weighted by Crippen LogP contribution is 2.26. The second-order valence-electron chi connectivity index (χ2n) is 8.08. The van der Waals surface area contributed by atoms with Crippen LogP contribution in [0.15, 0.2) is 30.3 Å². The molecule has 0 saturated carbocycles. The van der Waals surface area contributed by atoms with E-state index in [1.54, 1.807) is 0 Å². The van der Waals surface area contributed by atoms with Crippen molar-refractivity contribution in [2.24, 2.45) is 5.92 Å². The molecule has 0 unspecified atom stereocenters. The van der Waals surface area contributed by atoms with E-state index < -0.39 is 0 Å². The molecule has 0 radical (unpaired) electrons. The van der Waals surface area contributed by atoms with Gasteiger partial charge in [-0.1, -0.05) is 36.7 Å². The third-order valence-electron chi connectivity index (χ3n) is 5.76. The average molecular weight is 461 g/mol. The Morgan fingerprint density at radius 2 is 1.74 bits per heavy atom. The molecule has 1 aromatic heterocycles. The molecule has 3 heterocycles. The molecule has 31 heavy (non-hydrogen) atoms. The summed E-state index contributed by atoms with van der Waals surface area (Å²) in [6, 6.07) is 9.81. The van der Waals surface area contributed by atoms with Gasteiger partial charge in [0.1, 0.15) is 11.6 Å². The van der Waals surface area contributed by atoms with Crippen molar-refractivity contribution in [2.75, 3.05) is 54.5 Å². The smallest absolute Gasteiger partial charge is 0.232 e. The number of rotatable bonds is 5. The first-order chi connectivity index (χ1) is 15.1. The zero-order chi connectivity index (χ0) is 21.6. The van der Waals surface area contributed by atoms with E-state index in [2.05, 4.69) is 33.4 Å². The molecule has 2 fully saturated rings. The Morgan fingerprint density at radius 3 is 2.42 bits per heavy atom. The van der Waals surface area contributed by atoms with Crippen LogP contribution >= 0.6 is 23.8 Å². The number of nitrogens with one attached hydrogen (secondary N) is 2. The van der Waals surface area contributed by atoms with Crippen molar-refractivity contribution in [2.45, 2.75) is 26.3 Å². The van der Waals surface area contributed by atoms with Crippen molar-refractivity contribution in [1.82, 2.24) is 15.3 Å². The Kier molecular flexibility index (Phi) is 7.42. The van der Waals surface area contributed by atoms with Crippen LogP contribution in [-0.4, -0.2) is 54.5 Å². The molecule has 0 atom stereocenters. The van der Waals surface area contributed by atoms with Crippen molar-refractivity contribution in [3.05, 3.63) is 40.9 Å². The van der Waals surface area contributed by atoms with Gasteiger partial charge in [-0.2, -0.15) is 9.97 Å². The minimum Gasteiger partial charge on any atom is -0.378 e. The van der Waals surface area contributed by atoms with Gasteiger partial charge < -0.3 is 25.2 Å². The van der Waals surface area contributed by atoms with E-state index in [1.165, 1.54) is 12.8 Å². The number of anilines is 3. The molecule has 4 rings (SSSR count). The number of hydrogen-bond acceptors (Lipinski definition) is 6. The lowest BCUT2D eigenvalue weighted by atomic mass is 9.99. The van der Waals surface area contributed by atoms with Crippen LogP contribution in [0.3, 0.4) is 0 Å². The van der Waals surface area contributed by atoms with Crippen molar-refractivity contribution >= 4 is 46.5 Å². The Hall–Kier alpha value is -2.16. The van der Waals surface area contributed by atoms with E-state index in [0.29, 0.717) is 35.8 Å². The standard InChI is InChI=1S/C22H29ClN6OS/c1-16-6-8-28(9-7-16)19-14-20(29-10-12-30-13-11-29)26-21(25-19)27-22(31)24-15-17-4-2-3-5-18(17)23/h2-5,14,16H,6-13,15H2,1H3,(H2,24,25,26,27,31). The average Bonchev–Trinajstić information content (AvgIpc) is 2.79. The highest BCUT2D eigenvalue weighted by atomic mass is 35.5. The summed E-state index contributed by atoms with van der Waals surface area (Å²) < 4.78 is 5.51. The normalized spacial score (nSPS) is 17.5. The molecule has 166 valence electrons. The minimum absolute atomic E-state index is 0.470. The number of aromatic nitrogens is 2. The van der Waals surface area contributed by atoms with Crippen LogP contribution in [0.25, 0.3) is 0 Å². The fraction of sp³-hybridized carbons (Fsp3) is 0.500. The fourth-order valence-corrected chi connectivity index (χ4v) is 4.16. The van der Waals surface area contributed by atoms with Gasteiger partial charge in [0.25, 0.3) is 0 Å². The van der Waals surface area contributed by atoms with Gasteiger partial charge in [0.05, 0.1) is 13.2 Å². The van der Waals surface area contributed by atoms with Gasteiger partial charge in [0.15, 0.2) is 5.11 Å². The zero-order valence-corrected chi connectivity index (χ0v) is 19.4. The van der Waals surface area contributed by atoms with Crippen LogP contribution in [-0.2, 0) is 11.3 Å². The molecule has 2 aromatic rings. The fourth-order valence-electron chi connectivity index (χ4n) is 3.80. The monoisotopic (exact) mass is 460 g/mol. The van der Waals surface area contributed by atoms with Gasteiger partial charge >= 0.3 is 0 Å². The second-order valence-corrected chi connectivity index (χ2v) is 8.89. The van der Waals surface area contributed by atoms with Crippen molar-refractivity contribution < 1.29 is 4.74 Å². The van der Waals surface area contributed by atoms with Crippen molar-refractivity contribution in [1.29, 1.82) is 0 Å². The van der Waals surface area contributed by atoms with Gasteiger partial charge in [-0.05, 0) is 42.6 Å². The first kappa shape index (κ1) is 22.0. The topological polar surface area (TPSA) is 65.6 Å².